The summed E-state index contributed by atoms with van der Waals surface area (Å²) >= 11 is 1.77. The zero-order chi connectivity index (χ0) is 8.41. The maximum Gasteiger partial charge on any atom is 0.394 e. The fourth-order valence-corrected chi connectivity index (χ4v) is 1.34. The van der Waals surface area contributed by atoms with Crippen molar-refractivity contribution >= 4 is 22.6 Å². The maximum absolute atomic E-state index is 12.1. The SMILES string of the molecule is CCC(C)(CI)C(F)(F)F. The van der Waals surface area contributed by atoms with Gasteiger partial charge in [0.15, 0.2) is 0 Å². The molecule has 62 valence electrons. The Morgan fingerprint density at radius 2 is 1.70 bits per heavy atom. The Bertz CT molecular complexity index is 104. The van der Waals surface area contributed by atoms with Crippen molar-refractivity contribution in [3.63, 3.8) is 0 Å². The Kier molecular flexibility index (Phi) is 3.45. The molecule has 0 radical (unpaired) electrons. The first kappa shape index (κ1) is 10.5. The van der Waals surface area contributed by atoms with E-state index in [4.69, 9.17) is 0 Å². The van der Waals surface area contributed by atoms with Gasteiger partial charge in [0, 0.05) is 4.43 Å². The van der Waals surface area contributed by atoms with Crippen LogP contribution >= 0.6 is 22.6 Å². The van der Waals surface area contributed by atoms with Crippen molar-refractivity contribution in [2.75, 3.05) is 4.43 Å². The van der Waals surface area contributed by atoms with Gasteiger partial charge in [0.2, 0.25) is 0 Å². The Morgan fingerprint density at radius 3 is 1.70 bits per heavy atom. The largest absolute Gasteiger partial charge is 0.394 e. The number of hydrogen-bond acceptors (Lipinski definition) is 0. The highest BCUT2D eigenvalue weighted by Crippen LogP contribution is 2.41. The van der Waals surface area contributed by atoms with Crippen LogP contribution in [0.5, 0.6) is 0 Å². The first-order chi connectivity index (χ1) is 4.37. The van der Waals surface area contributed by atoms with E-state index >= 15 is 0 Å². The summed E-state index contributed by atoms with van der Waals surface area (Å²) in [7, 11) is 0. The molecule has 0 spiro atoms. The molecule has 0 bridgehead atoms. The van der Waals surface area contributed by atoms with Gasteiger partial charge in [-0.3, -0.25) is 0 Å². The van der Waals surface area contributed by atoms with Crippen LogP contribution in [0.15, 0.2) is 0 Å². The van der Waals surface area contributed by atoms with Crippen LogP contribution in [0.25, 0.3) is 0 Å². The Balaban J connectivity index is 4.33. The van der Waals surface area contributed by atoms with Gasteiger partial charge in [-0.15, -0.1) is 0 Å². The fraction of sp³-hybridized carbons (Fsp3) is 1.00. The minimum Gasteiger partial charge on any atom is -0.170 e. The van der Waals surface area contributed by atoms with E-state index in [0.29, 0.717) is 0 Å². The molecule has 0 fully saturated rings. The molecule has 10 heavy (non-hydrogen) atoms. The van der Waals surface area contributed by atoms with Crippen molar-refractivity contribution < 1.29 is 13.2 Å². The lowest BCUT2D eigenvalue weighted by Gasteiger charge is -2.28. The lowest BCUT2D eigenvalue weighted by molar-refractivity contribution is -0.209. The van der Waals surface area contributed by atoms with Gasteiger partial charge in [-0.2, -0.15) is 13.2 Å². The van der Waals surface area contributed by atoms with Gasteiger partial charge in [-0.25, -0.2) is 0 Å². The van der Waals surface area contributed by atoms with E-state index in [0.717, 1.165) is 0 Å². The first-order valence-corrected chi connectivity index (χ1v) is 4.52. The lowest BCUT2D eigenvalue weighted by atomic mass is 9.90. The summed E-state index contributed by atoms with van der Waals surface area (Å²) in [6.07, 6.45) is -3.90. The Morgan fingerprint density at radius 1 is 1.30 bits per heavy atom. The maximum atomic E-state index is 12.1. The molecule has 0 aromatic heterocycles. The molecule has 0 rings (SSSR count). The van der Waals surface area contributed by atoms with Crippen LogP contribution in [0.2, 0.25) is 0 Å². The highest BCUT2D eigenvalue weighted by atomic mass is 127. The van der Waals surface area contributed by atoms with E-state index in [-0.39, 0.29) is 10.8 Å². The van der Waals surface area contributed by atoms with E-state index in [1.807, 2.05) is 0 Å². The van der Waals surface area contributed by atoms with Crippen LogP contribution in [0.1, 0.15) is 20.3 Å². The molecule has 0 nitrogen and oxygen atoms in total. The van der Waals surface area contributed by atoms with Crippen molar-refractivity contribution in [2.45, 2.75) is 26.4 Å². The van der Waals surface area contributed by atoms with Crippen LogP contribution in [0.3, 0.4) is 0 Å². The Labute approximate surface area is 72.3 Å². The summed E-state index contributed by atoms with van der Waals surface area (Å²) in [5.74, 6) is 0. The van der Waals surface area contributed by atoms with E-state index in [1.165, 1.54) is 6.92 Å². The van der Waals surface area contributed by atoms with Crippen LogP contribution in [-0.2, 0) is 0 Å². The highest BCUT2D eigenvalue weighted by Gasteiger charge is 2.48. The summed E-state index contributed by atoms with van der Waals surface area (Å²) in [4.78, 5) is 0. The third-order valence-corrected chi connectivity index (χ3v) is 3.44. The van der Waals surface area contributed by atoms with Gasteiger partial charge >= 0.3 is 6.18 Å². The third-order valence-electron chi connectivity index (χ3n) is 1.76. The van der Waals surface area contributed by atoms with Crippen LogP contribution in [0.4, 0.5) is 13.2 Å². The van der Waals surface area contributed by atoms with E-state index < -0.39 is 11.6 Å². The van der Waals surface area contributed by atoms with Crippen molar-refractivity contribution in [1.82, 2.24) is 0 Å². The van der Waals surface area contributed by atoms with Gasteiger partial charge in [0.1, 0.15) is 0 Å². The van der Waals surface area contributed by atoms with E-state index in [9.17, 15) is 13.2 Å². The van der Waals surface area contributed by atoms with Gasteiger partial charge < -0.3 is 0 Å². The summed E-state index contributed by atoms with van der Waals surface area (Å²) < 4.78 is 36.4. The highest BCUT2D eigenvalue weighted by molar-refractivity contribution is 14.1. The number of hydrogen-bond donors (Lipinski definition) is 0. The minimum absolute atomic E-state index is 0.130. The van der Waals surface area contributed by atoms with E-state index in [2.05, 4.69) is 0 Å². The standard InChI is InChI=1S/C6H10F3I/c1-3-5(2,4-10)6(7,8)9/h3-4H2,1-2H3. The van der Waals surface area contributed by atoms with Gasteiger partial charge in [-0.05, 0) is 6.42 Å². The molecule has 0 aromatic rings. The summed E-state index contributed by atoms with van der Waals surface area (Å²) in [6, 6.07) is 0. The third kappa shape index (κ3) is 2.00. The number of rotatable bonds is 2. The molecular formula is C6H10F3I. The second kappa shape index (κ2) is 3.28. The average molecular weight is 266 g/mol. The molecule has 1 atom stereocenters. The molecule has 0 aliphatic rings. The van der Waals surface area contributed by atoms with Crippen LogP contribution in [-0.4, -0.2) is 10.6 Å². The molecule has 0 heterocycles. The van der Waals surface area contributed by atoms with Gasteiger partial charge in [-0.1, -0.05) is 36.4 Å². The van der Waals surface area contributed by atoms with Gasteiger partial charge in [0.05, 0.1) is 5.41 Å². The zero-order valence-electron chi connectivity index (χ0n) is 5.93. The van der Waals surface area contributed by atoms with Crippen molar-refractivity contribution in [3.05, 3.63) is 0 Å². The molecule has 4 heteroatoms. The predicted octanol–water partition coefficient (Wildman–Crippen LogP) is 3.40. The molecule has 0 aliphatic carbocycles. The predicted molar refractivity (Wildman–Crippen MR) is 43.3 cm³/mol. The van der Waals surface area contributed by atoms with Crippen LogP contribution < -0.4 is 0 Å². The smallest absolute Gasteiger partial charge is 0.170 e. The topological polar surface area (TPSA) is 0 Å². The van der Waals surface area contributed by atoms with Crippen molar-refractivity contribution in [2.24, 2.45) is 5.41 Å². The van der Waals surface area contributed by atoms with E-state index in [1.54, 1.807) is 29.5 Å². The second-order valence-corrected chi connectivity index (χ2v) is 3.31. The molecule has 0 aromatic carbocycles. The first-order valence-electron chi connectivity index (χ1n) is 3.00. The monoisotopic (exact) mass is 266 g/mol. The zero-order valence-corrected chi connectivity index (χ0v) is 8.08. The van der Waals surface area contributed by atoms with Crippen molar-refractivity contribution in [3.8, 4) is 0 Å². The lowest BCUT2D eigenvalue weighted by Crippen LogP contribution is -2.35. The van der Waals surface area contributed by atoms with Gasteiger partial charge in [0.25, 0.3) is 0 Å². The molecule has 0 saturated heterocycles. The molecule has 1 unspecified atom stereocenters. The fourth-order valence-electron chi connectivity index (χ4n) is 0.371. The average Bonchev–Trinajstić information content (AvgIpc) is 1.84. The second-order valence-electron chi connectivity index (χ2n) is 2.55. The summed E-state index contributed by atoms with van der Waals surface area (Å²) in [5.41, 5.74) is -1.49. The Hall–Kier alpha value is 0.520. The molecule has 0 amide bonds. The number of halogens is 4. The number of alkyl halides is 4. The quantitative estimate of drug-likeness (QED) is 0.530. The molecule has 0 N–H and O–H groups in total. The molecular weight excluding hydrogens is 256 g/mol. The minimum atomic E-state index is -4.05. The van der Waals surface area contributed by atoms with Crippen LogP contribution in [0, 0.1) is 5.41 Å². The van der Waals surface area contributed by atoms with Crippen molar-refractivity contribution in [1.29, 1.82) is 0 Å². The molecule has 0 aliphatic heterocycles. The molecule has 0 saturated carbocycles. The summed E-state index contributed by atoms with van der Waals surface area (Å²) in [5, 5.41) is 0. The summed E-state index contributed by atoms with van der Waals surface area (Å²) in [6.45, 7) is 2.81. The normalized spacial score (nSPS) is 18.6.